The van der Waals surface area contributed by atoms with Crippen molar-refractivity contribution in [1.29, 1.82) is 0 Å². The lowest BCUT2D eigenvalue weighted by Crippen LogP contribution is -2.04. The van der Waals surface area contributed by atoms with Gasteiger partial charge in [-0.3, -0.25) is 0 Å². The van der Waals surface area contributed by atoms with Crippen molar-refractivity contribution in [3.05, 3.63) is 58.1 Å². The van der Waals surface area contributed by atoms with Crippen molar-refractivity contribution in [2.24, 2.45) is 0 Å². The van der Waals surface area contributed by atoms with Crippen LogP contribution in [-0.4, -0.2) is 0 Å². The van der Waals surface area contributed by atoms with E-state index in [1.54, 1.807) is 0 Å². The average Bonchev–Trinajstić information content (AvgIpc) is 2.41. The smallest absolute Gasteiger partial charge is 0.0528 e. The number of para-hydroxylation sites is 2. The minimum absolute atomic E-state index is 0.499. The highest BCUT2D eigenvalue weighted by Crippen LogP contribution is 2.36. The zero-order chi connectivity index (χ0) is 14.7. The quantitative estimate of drug-likeness (QED) is 0.679. The van der Waals surface area contributed by atoms with E-state index in [1.807, 2.05) is 6.07 Å². The molecule has 1 nitrogen and oxygen atoms in total. The summed E-state index contributed by atoms with van der Waals surface area (Å²) in [6, 6.07) is 14.9. The second-order valence-corrected chi connectivity index (χ2v) is 6.58. The van der Waals surface area contributed by atoms with Crippen LogP contribution in [0.5, 0.6) is 0 Å². The minimum atomic E-state index is 0.499. The molecule has 2 heteroatoms. The predicted molar refractivity (Wildman–Crippen MR) is 92.0 cm³/mol. The zero-order valence-corrected chi connectivity index (χ0v) is 14.2. The Morgan fingerprint density at radius 2 is 1.35 bits per heavy atom. The van der Waals surface area contributed by atoms with Crippen molar-refractivity contribution in [2.45, 2.75) is 39.5 Å². The third-order valence-corrected chi connectivity index (χ3v) is 4.20. The van der Waals surface area contributed by atoms with E-state index in [9.17, 15) is 0 Å². The van der Waals surface area contributed by atoms with Crippen LogP contribution in [0.2, 0.25) is 0 Å². The summed E-state index contributed by atoms with van der Waals surface area (Å²) in [4.78, 5) is 0. The summed E-state index contributed by atoms with van der Waals surface area (Å²) in [6.45, 7) is 8.96. The number of halogens is 1. The summed E-state index contributed by atoms with van der Waals surface area (Å²) in [7, 11) is 0. The molecule has 0 amide bonds. The molecule has 0 bridgehead atoms. The van der Waals surface area contributed by atoms with Gasteiger partial charge in [-0.2, -0.15) is 0 Å². The maximum Gasteiger partial charge on any atom is 0.0528 e. The van der Waals surface area contributed by atoms with Crippen LogP contribution in [0.4, 0.5) is 11.4 Å². The first kappa shape index (κ1) is 15.1. The van der Waals surface area contributed by atoms with E-state index >= 15 is 0 Å². The molecule has 0 saturated heterocycles. The molecule has 0 heterocycles. The molecule has 1 N–H and O–H groups in total. The Bertz CT molecular complexity index is 561. The maximum atomic E-state index is 3.63. The molecule has 2 rings (SSSR count). The zero-order valence-electron chi connectivity index (χ0n) is 12.6. The van der Waals surface area contributed by atoms with Crippen molar-refractivity contribution >= 4 is 27.3 Å². The Balaban J connectivity index is 2.51. The Kier molecular flexibility index (Phi) is 4.87. The fourth-order valence-electron chi connectivity index (χ4n) is 2.39. The van der Waals surface area contributed by atoms with Gasteiger partial charge < -0.3 is 5.32 Å². The van der Waals surface area contributed by atoms with Gasteiger partial charge in [0.25, 0.3) is 0 Å². The third-order valence-electron chi connectivity index (χ3n) is 3.51. The second kappa shape index (κ2) is 6.45. The summed E-state index contributed by atoms with van der Waals surface area (Å²) >= 11 is 3.61. The summed E-state index contributed by atoms with van der Waals surface area (Å²) in [5.74, 6) is 0.998. The lowest BCUT2D eigenvalue weighted by Gasteiger charge is -2.21. The molecule has 106 valence electrons. The molecule has 0 fully saturated rings. The SMILES string of the molecule is CC(C)c1cccc(C(C)C)c1Nc1ccccc1Br. The molecule has 2 aromatic rings. The summed E-state index contributed by atoms with van der Waals surface area (Å²) in [5.41, 5.74) is 5.10. The Hall–Kier alpha value is -1.28. The lowest BCUT2D eigenvalue weighted by molar-refractivity contribution is 0.838. The molecule has 0 aliphatic rings. The molecule has 0 atom stereocenters. The molecule has 0 aromatic heterocycles. The largest absolute Gasteiger partial charge is 0.354 e. The van der Waals surface area contributed by atoms with E-state index < -0.39 is 0 Å². The number of hydrogen-bond acceptors (Lipinski definition) is 1. The van der Waals surface area contributed by atoms with E-state index in [-0.39, 0.29) is 0 Å². The topological polar surface area (TPSA) is 12.0 Å². The van der Waals surface area contributed by atoms with Crippen molar-refractivity contribution in [2.75, 3.05) is 5.32 Å². The van der Waals surface area contributed by atoms with E-state index in [0.717, 1.165) is 10.2 Å². The van der Waals surface area contributed by atoms with Gasteiger partial charge in [0, 0.05) is 10.2 Å². The predicted octanol–water partition coefficient (Wildman–Crippen LogP) is 6.44. The molecule has 2 aromatic carbocycles. The van der Waals surface area contributed by atoms with Crippen molar-refractivity contribution < 1.29 is 0 Å². The van der Waals surface area contributed by atoms with E-state index in [0.29, 0.717) is 11.8 Å². The Labute approximate surface area is 130 Å². The van der Waals surface area contributed by atoms with Gasteiger partial charge in [0.2, 0.25) is 0 Å². The molecular weight excluding hydrogens is 310 g/mol. The number of hydrogen-bond donors (Lipinski definition) is 1. The highest BCUT2D eigenvalue weighted by molar-refractivity contribution is 9.10. The fraction of sp³-hybridized carbons (Fsp3) is 0.333. The van der Waals surface area contributed by atoms with Gasteiger partial charge in [-0.15, -0.1) is 0 Å². The third kappa shape index (κ3) is 3.24. The molecule has 0 unspecified atom stereocenters. The summed E-state index contributed by atoms with van der Waals surface area (Å²) in [6.07, 6.45) is 0. The first-order valence-electron chi connectivity index (χ1n) is 7.15. The molecule has 0 radical (unpaired) electrons. The number of nitrogens with one attached hydrogen (secondary N) is 1. The van der Waals surface area contributed by atoms with E-state index in [2.05, 4.69) is 85.3 Å². The molecule has 0 aliphatic heterocycles. The molecule has 0 spiro atoms. The van der Waals surface area contributed by atoms with Crippen molar-refractivity contribution in [1.82, 2.24) is 0 Å². The van der Waals surface area contributed by atoms with Gasteiger partial charge in [0.05, 0.1) is 5.69 Å². The monoisotopic (exact) mass is 331 g/mol. The molecule has 20 heavy (non-hydrogen) atoms. The van der Waals surface area contributed by atoms with E-state index in [1.165, 1.54) is 16.8 Å². The van der Waals surface area contributed by atoms with Gasteiger partial charge in [0.15, 0.2) is 0 Å². The Morgan fingerprint density at radius 1 is 0.800 bits per heavy atom. The van der Waals surface area contributed by atoms with Gasteiger partial charge in [-0.05, 0) is 51.0 Å². The highest BCUT2D eigenvalue weighted by atomic mass is 79.9. The fourth-order valence-corrected chi connectivity index (χ4v) is 2.78. The van der Waals surface area contributed by atoms with Crippen LogP contribution in [0.1, 0.15) is 50.7 Å². The van der Waals surface area contributed by atoms with Gasteiger partial charge in [-0.1, -0.05) is 58.0 Å². The van der Waals surface area contributed by atoms with E-state index in [4.69, 9.17) is 0 Å². The van der Waals surface area contributed by atoms with Gasteiger partial charge in [-0.25, -0.2) is 0 Å². The van der Waals surface area contributed by atoms with Crippen LogP contribution in [-0.2, 0) is 0 Å². The lowest BCUT2D eigenvalue weighted by atomic mass is 9.92. The summed E-state index contributed by atoms with van der Waals surface area (Å²) < 4.78 is 1.09. The highest BCUT2D eigenvalue weighted by Gasteiger charge is 2.14. The summed E-state index contributed by atoms with van der Waals surface area (Å²) in [5, 5.41) is 3.63. The van der Waals surface area contributed by atoms with Crippen LogP contribution >= 0.6 is 15.9 Å². The van der Waals surface area contributed by atoms with Crippen LogP contribution < -0.4 is 5.32 Å². The molecular formula is C18H22BrN. The minimum Gasteiger partial charge on any atom is -0.354 e. The van der Waals surface area contributed by atoms with Gasteiger partial charge in [0.1, 0.15) is 0 Å². The first-order valence-corrected chi connectivity index (χ1v) is 7.94. The van der Waals surface area contributed by atoms with Crippen LogP contribution in [0.15, 0.2) is 46.9 Å². The number of anilines is 2. The standard InChI is InChI=1S/C18H22BrN/c1-12(2)14-8-7-9-15(13(3)4)18(14)20-17-11-6-5-10-16(17)19/h5-13,20H,1-4H3. The Morgan fingerprint density at radius 3 is 1.85 bits per heavy atom. The average molecular weight is 332 g/mol. The van der Waals surface area contributed by atoms with Crippen molar-refractivity contribution in [3.63, 3.8) is 0 Å². The van der Waals surface area contributed by atoms with Crippen LogP contribution in [0.3, 0.4) is 0 Å². The molecule has 0 aliphatic carbocycles. The van der Waals surface area contributed by atoms with Crippen molar-refractivity contribution in [3.8, 4) is 0 Å². The normalized spacial score (nSPS) is 11.2. The van der Waals surface area contributed by atoms with Crippen LogP contribution in [0, 0.1) is 0 Å². The van der Waals surface area contributed by atoms with Crippen LogP contribution in [0.25, 0.3) is 0 Å². The van der Waals surface area contributed by atoms with Gasteiger partial charge >= 0.3 is 0 Å². The molecule has 0 saturated carbocycles. The maximum absolute atomic E-state index is 3.63. The number of benzene rings is 2. The first-order chi connectivity index (χ1) is 9.50. The number of rotatable bonds is 4. The second-order valence-electron chi connectivity index (χ2n) is 5.73.